The van der Waals surface area contributed by atoms with Crippen LogP contribution in [0.15, 0.2) is 42.5 Å². The van der Waals surface area contributed by atoms with Crippen LogP contribution in [-0.2, 0) is 17.9 Å². The van der Waals surface area contributed by atoms with Gasteiger partial charge in [0.05, 0.1) is 17.7 Å². The topological polar surface area (TPSA) is 68.8 Å². The third-order valence-electron chi connectivity index (χ3n) is 3.06. The van der Waals surface area contributed by atoms with Gasteiger partial charge in [-0.25, -0.2) is 0 Å². The molecule has 0 radical (unpaired) electrons. The summed E-state index contributed by atoms with van der Waals surface area (Å²) in [6, 6.07) is 17.3. The second-order valence-electron chi connectivity index (χ2n) is 4.59. The van der Waals surface area contributed by atoms with Gasteiger partial charge in [0.2, 0.25) is 0 Å². The van der Waals surface area contributed by atoms with E-state index in [1.54, 1.807) is 25.3 Å². The average molecular weight is 277 g/mol. The van der Waals surface area contributed by atoms with Crippen molar-refractivity contribution in [1.82, 2.24) is 0 Å². The Bertz CT molecular complexity index is 711. The summed E-state index contributed by atoms with van der Waals surface area (Å²) in [5.74, 6) is 0. The van der Waals surface area contributed by atoms with E-state index in [1.165, 1.54) is 0 Å². The van der Waals surface area contributed by atoms with Crippen molar-refractivity contribution in [2.24, 2.45) is 0 Å². The van der Waals surface area contributed by atoms with Crippen LogP contribution >= 0.6 is 0 Å². The van der Waals surface area contributed by atoms with Crippen molar-refractivity contribution < 1.29 is 4.74 Å². The molecule has 0 saturated carbocycles. The maximum absolute atomic E-state index is 9.01. The first-order valence-corrected chi connectivity index (χ1v) is 6.51. The number of nitrogens with one attached hydrogen (secondary N) is 1. The number of ether oxygens (including phenoxy) is 1. The smallest absolute Gasteiger partial charge is 0.101 e. The highest BCUT2D eigenvalue weighted by Gasteiger charge is 2.03. The van der Waals surface area contributed by atoms with Gasteiger partial charge in [0.15, 0.2) is 0 Å². The molecule has 0 unspecified atom stereocenters. The van der Waals surface area contributed by atoms with E-state index < -0.39 is 0 Å². The van der Waals surface area contributed by atoms with Gasteiger partial charge in [-0.3, -0.25) is 0 Å². The fourth-order valence-electron chi connectivity index (χ4n) is 2.04. The number of nitrogens with zero attached hydrogens (tertiary/aromatic N) is 2. The van der Waals surface area contributed by atoms with Gasteiger partial charge < -0.3 is 10.1 Å². The molecule has 0 spiro atoms. The molecule has 0 heterocycles. The van der Waals surface area contributed by atoms with Crippen molar-refractivity contribution >= 4 is 5.69 Å². The number of methoxy groups -OCH3 is 1. The van der Waals surface area contributed by atoms with Gasteiger partial charge >= 0.3 is 0 Å². The minimum Gasteiger partial charge on any atom is -0.381 e. The van der Waals surface area contributed by atoms with Crippen LogP contribution in [0.1, 0.15) is 22.3 Å². The normalized spacial score (nSPS) is 9.67. The molecule has 2 rings (SSSR count). The number of hydrogen-bond acceptors (Lipinski definition) is 4. The van der Waals surface area contributed by atoms with E-state index in [0.29, 0.717) is 24.3 Å². The summed E-state index contributed by atoms with van der Waals surface area (Å²) in [6.07, 6.45) is 0. The summed E-state index contributed by atoms with van der Waals surface area (Å²) in [5.41, 5.74) is 3.85. The Kier molecular flexibility index (Phi) is 4.93. The lowest BCUT2D eigenvalue weighted by Gasteiger charge is -2.09. The molecule has 21 heavy (non-hydrogen) atoms. The maximum Gasteiger partial charge on any atom is 0.101 e. The Balaban J connectivity index is 2.08. The predicted molar refractivity (Wildman–Crippen MR) is 80.4 cm³/mol. The zero-order valence-electron chi connectivity index (χ0n) is 11.8. The minimum atomic E-state index is 0.385. The molecule has 0 aliphatic rings. The number of rotatable bonds is 5. The van der Waals surface area contributed by atoms with Gasteiger partial charge in [-0.15, -0.1) is 0 Å². The molecule has 4 nitrogen and oxygen atoms in total. The van der Waals surface area contributed by atoms with Crippen molar-refractivity contribution in [3.63, 3.8) is 0 Å². The van der Waals surface area contributed by atoms with Gasteiger partial charge in [0, 0.05) is 19.3 Å². The SMILES string of the molecule is COCc1cccc(CNc2ccc(C#N)c(C#N)c2)c1. The van der Waals surface area contributed by atoms with Crippen LogP contribution < -0.4 is 5.32 Å². The second-order valence-corrected chi connectivity index (χ2v) is 4.59. The van der Waals surface area contributed by atoms with Gasteiger partial charge in [-0.05, 0) is 29.3 Å². The van der Waals surface area contributed by atoms with E-state index in [9.17, 15) is 0 Å². The third kappa shape index (κ3) is 3.82. The summed E-state index contributed by atoms with van der Waals surface area (Å²) in [6.45, 7) is 1.23. The minimum absolute atomic E-state index is 0.385. The van der Waals surface area contributed by atoms with Crippen LogP contribution in [0.5, 0.6) is 0 Å². The fraction of sp³-hybridized carbons (Fsp3) is 0.176. The quantitative estimate of drug-likeness (QED) is 0.911. The Labute approximate surface area is 124 Å². The summed E-state index contributed by atoms with van der Waals surface area (Å²) < 4.78 is 5.11. The molecule has 0 aromatic heterocycles. The van der Waals surface area contributed by atoms with Crippen LogP contribution in [0.2, 0.25) is 0 Å². The van der Waals surface area contributed by atoms with E-state index in [-0.39, 0.29) is 0 Å². The van der Waals surface area contributed by atoms with E-state index in [0.717, 1.165) is 16.8 Å². The molecule has 2 aromatic rings. The van der Waals surface area contributed by atoms with E-state index >= 15 is 0 Å². The summed E-state index contributed by atoms with van der Waals surface area (Å²) >= 11 is 0. The van der Waals surface area contributed by atoms with Gasteiger partial charge in [-0.1, -0.05) is 24.3 Å². The maximum atomic E-state index is 9.01. The predicted octanol–water partition coefficient (Wildman–Crippen LogP) is 3.19. The van der Waals surface area contributed by atoms with Crippen LogP contribution in [0, 0.1) is 22.7 Å². The Morgan fingerprint density at radius 2 is 1.76 bits per heavy atom. The molecule has 104 valence electrons. The Morgan fingerprint density at radius 3 is 2.48 bits per heavy atom. The molecule has 4 heteroatoms. The third-order valence-corrected chi connectivity index (χ3v) is 3.06. The first-order chi connectivity index (χ1) is 10.3. The number of hydrogen-bond donors (Lipinski definition) is 1. The van der Waals surface area contributed by atoms with Gasteiger partial charge in [0.25, 0.3) is 0 Å². The Morgan fingerprint density at radius 1 is 1.00 bits per heavy atom. The van der Waals surface area contributed by atoms with Gasteiger partial charge in [0.1, 0.15) is 12.1 Å². The first-order valence-electron chi connectivity index (χ1n) is 6.51. The number of benzene rings is 2. The van der Waals surface area contributed by atoms with E-state index in [1.807, 2.05) is 30.3 Å². The molecule has 1 N–H and O–H groups in total. The van der Waals surface area contributed by atoms with Crippen molar-refractivity contribution in [1.29, 1.82) is 10.5 Å². The standard InChI is InChI=1S/C17H15N3O/c1-21-12-14-4-2-3-13(7-14)11-20-17-6-5-15(9-18)16(8-17)10-19/h2-8,20H,11-12H2,1H3. The van der Waals surface area contributed by atoms with Crippen LogP contribution in [0.3, 0.4) is 0 Å². The van der Waals surface area contributed by atoms with Crippen LogP contribution in [-0.4, -0.2) is 7.11 Å². The molecule has 0 aliphatic carbocycles. The lowest BCUT2D eigenvalue weighted by atomic mass is 10.1. The number of nitriles is 2. The second kappa shape index (κ2) is 7.09. The molecule has 2 aromatic carbocycles. The average Bonchev–Trinajstić information content (AvgIpc) is 2.53. The molecule has 0 atom stereocenters. The van der Waals surface area contributed by atoms with E-state index in [2.05, 4.69) is 11.4 Å². The van der Waals surface area contributed by atoms with Crippen molar-refractivity contribution in [3.05, 3.63) is 64.7 Å². The highest BCUT2D eigenvalue weighted by atomic mass is 16.5. The van der Waals surface area contributed by atoms with Crippen molar-refractivity contribution in [2.45, 2.75) is 13.2 Å². The molecule has 0 saturated heterocycles. The summed E-state index contributed by atoms with van der Waals surface area (Å²) in [5, 5.41) is 21.2. The van der Waals surface area contributed by atoms with Crippen LogP contribution in [0.4, 0.5) is 5.69 Å². The van der Waals surface area contributed by atoms with E-state index in [4.69, 9.17) is 15.3 Å². The van der Waals surface area contributed by atoms with Gasteiger partial charge in [-0.2, -0.15) is 10.5 Å². The Hall–Kier alpha value is -2.82. The summed E-state index contributed by atoms with van der Waals surface area (Å²) in [4.78, 5) is 0. The van der Waals surface area contributed by atoms with Crippen molar-refractivity contribution in [3.8, 4) is 12.1 Å². The molecule has 0 bridgehead atoms. The fourth-order valence-corrected chi connectivity index (χ4v) is 2.04. The lowest BCUT2D eigenvalue weighted by Crippen LogP contribution is -2.01. The molecule has 0 aliphatic heterocycles. The lowest BCUT2D eigenvalue weighted by molar-refractivity contribution is 0.185. The molecule has 0 fully saturated rings. The number of anilines is 1. The zero-order chi connectivity index (χ0) is 15.1. The zero-order valence-corrected chi connectivity index (χ0v) is 11.8. The highest BCUT2D eigenvalue weighted by Crippen LogP contribution is 2.16. The molecular weight excluding hydrogens is 262 g/mol. The van der Waals surface area contributed by atoms with Crippen LogP contribution in [0.25, 0.3) is 0 Å². The van der Waals surface area contributed by atoms with Crippen molar-refractivity contribution in [2.75, 3.05) is 12.4 Å². The highest BCUT2D eigenvalue weighted by molar-refractivity contribution is 5.56. The monoisotopic (exact) mass is 277 g/mol. The molecular formula is C17H15N3O. The summed E-state index contributed by atoms with van der Waals surface area (Å²) in [7, 11) is 1.67. The first kappa shape index (κ1) is 14.6. The largest absolute Gasteiger partial charge is 0.381 e. The molecule has 0 amide bonds.